The van der Waals surface area contributed by atoms with E-state index < -0.39 is 6.43 Å². The van der Waals surface area contributed by atoms with Gasteiger partial charge < -0.3 is 5.73 Å². The molecule has 2 N–H and O–H groups in total. The third kappa shape index (κ3) is 4.67. The van der Waals surface area contributed by atoms with E-state index in [0.29, 0.717) is 11.5 Å². The Kier molecular flexibility index (Phi) is 6.07. The van der Waals surface area contributed by atoms with E-state index in [1.54, 1.807) is 13.0 Å². The number of nitrogen functional groups attached to an aromatic ring is 1. The quantitative estimate of drug-likeness (QED) is 0.730. The number of nitrogens with two attached hydrogens (primary N) is 1. The SMILES string of the molecule is CC(F)F.Cc1c(C(C)C)cc(N)c(F)c1C. The van der Waals surface area contributed by atoms with Gasteiger partial charge in [0.05, 0.1) is 5.69 Å². The molecule has 0 aliphatic heterocycles. The minimum absolute atomic E-state index is 0.256. The van der Waals surface area contributed by atoms with Gasteiger partial charge in [0, 0.05) is 0 Å². The summed E-state index contributed by atoms with van der Waals surface area (Å²) in [4.78, 5) is 0. The molecular weight excluding hydrogens is 227 g/mol. The van der Waals surface area contributed by atoms with Gasteiger partial charge in [-0.3, -0.25) is 0 Å². The fourth-order valence-electron chi connectivity index (χ4n) is 1.54. The van der Waals surface area contributed by atoms with Gasteiger partial charge in [0.25, 0.3) is 0 Å². The molecule has 4 heteroatoms. The summed E-state index contributed by atoms with van der Waals surface area (Å²) in [6.07, 6.45) is -2.17. The van der Waals surface area contributed by atoms with E-state index in [2.05, 4.69) is 13.8 Å². The molecule has 0 amide bonds. The highest BCUT2D eigenvalue weighted by atomic mass is 19.3. The van der Waals surface area contributed by atoms with Crippen LogP contribution in [-0.2, 0) is 0 Å². The van der Waals surface area contributed by atoms with E-state index in [0.717, 1.165) is 18.1 Å². The number of hydrogen-bond donors (Lipinski definition) is 1. The van der Waals surface area contributed by atoms with Crippen molar-refractivity contribution in [1.29, 1.82) is 0 Å². The average molecular weight is 247 g/mol. The maximum absolute atomic E-state index is 13.3. The molecule has 17 heavy (non-hydrogen) atoms. The molecule has 0 bridgehead atoms. The molecular formula is C13H20F3N. The molecule has 0 aliphatic carbocycles. The van der Waals surface area contributed by atoms with E-state index in [-0.39, 0.29) is 11.5 Å². The number of benzene rings is 1. The Morgan fingerprint density at radius 2 is 1.47 bits per heavy atom. The second-order valence-corrected chi connectivity index (χ2v) is 4.29. The van der Waals surface area contributed by atoms with Gasteiger partial charge in [-0.2, -0.15) is 0 Å². The molecule has 1 rings (SSSR count). The summed E-state index contributed by atoms with van der Waals surface area (Å²) in [7, 11) is 0. The van der Waals surface area contributed by atoms with Crippen molar-refractivity contribution in [2.24, 2.45) is 0 Å². The Morgan fingerprint density at radius 3 is 1.82 bits per heavy atom. The predicted octanol–water partition coefficient (Wildman–Crippen LogP) is 4.42. The van der Waals surface area contributed by atoms with Crippen molar-refractivity contribution in [3.63, 3.8) is 0 Å². The Hall–Kier alpha value is -1.19. The topological polar surface area (TPSA) is 26.0 Å². The average Bonchev–Trinajstić information content (AvgIpc) is 2.19. The molecule has 0 radical (unpaired) electrons. The molecule has 0 heterocycles. The first kappa shape index (κ1) is 15.8. The van der Waals surface area contributed by atoms with Crippen LogP contribution >= 0.6 is 0 Å². The highest BCUT2D eigenvalue weighted by molar-refractivity contribution is 5.51. The lowest BCUT2D eigenvalue weighted by molar-refractivity contribution is 0.171. The van der Waals surface area contributed by atoms with Gasteiger partial charge in [-0.25, -0.2) is 13.2 Å². The van der Waals surface area contributed by atoms with Crippen LogP contribution in [0.3, 0.4) is 0 Å². The Bertz CT molecular complexity index is 371. The summed E-state index contributed by atoms with van der Waals surface area (Å²) >= 11 is 0. The molecule has 98 valence electrons. The van der Waals surface area contributed by atoms with Crippen LogP contribution in [0.2, 0.25) is 0 Å². The van der Waals surface area contributed by atoms with Crippen LogP contribution in [0, 0.1) is 19.7 Å². The summed E-state index contributed by atoms with van der Waals surface area (Å²) in [5.74, 6) is 0.114. The normalized spacial score (nSPS) is 10.5. The Balaban J connectivity index is 0.000000557. The van der Waals surface area contributed by atoms with Gasteiger partial charge in [-0.15, -0.1) is 0 Å². The highest BCUT2D eigenvalue weighted by Crippen LogP contribution is 2.27. The molecule has 1 aromatic carbocycles. The smallest absolute Gasteiger partial charge is 0.235 e. The zero-order valence-corrected chi connectivity index (χ0v) is 10.9. The van der Waals surface area contributed by atoms with Crippen molar-refractivity contribution >= 4 is 5.69 Å². The molecule has 0 aliphatic rings. The van der Waals surface area contributed by atoms with E-state index >= 15 is 0 Å². The van der Waals surface area contributed by atoms with Gasteiger partial charge in [0.15, 0.2) is 0 Å². The summed E-state index contributed by atoms with van der Waals surface area (Å²) in [6, 6.07) is 1.74. The summed E-state index contributed by atoms with van der Waals surface area (Å²) in [5.41, 5.74) is 8.63. The summed E-state index contributed by atoms with van der Waals surface area (Å²) < 4.78 is 34.0. The van der Waals surface area contributed by atoms with Crippen molar-refractivity contribution < 1.29 is 13.2 Å². The lowest BCUT2D eigenvalue weighted by atomic mass is 9.94. The minimum Gasteiger partial charge on any atom is -0.396 e. The van der Waals surface area contributed by atoms with E-state index in [1.165, 1.54) is 0 Å². The van der Waals surface area contributed by atoms with Gasteiger partial charge in [0.1, 0.15) is 5.82 Å². The van der Waals surface area contributed by atoms with Gasteiger partial charge in [-0.05, 0) is 49.4 Å². The van der Waals surface area contributed by atoms with E-state index in [1.807, 2.05) is 6.92 Å². The molecule has 0 saturated carbocycles. The van der Waals surface area contributed by atoms with Crippen molar-refractivity contribution in [3.05, 3.63) is 28.6 Å². The molecule has 0 unspecified atom stereocenters. The molecule has 0 saturated heterocycles. The van der Waals surface area contributed by atoms with Gasteiger partial charge in [0.2, 0.25) is 6.43 Å². The first-order valence-corrected chi connectivity index (χ1v) is 5.51. The molecule has 0 spiro atoms. The fraction of sp³-hybridized carbons (Fsp3) is 0.538. The number of alkyl halides is 2. The van der Waals surface area contributed by atoms with Gasteiger partial charge >= 0.3 is 0 Å². The molecule has 0 aromatic heterocycles. The maximum Gasteiger partial charge on any atom is 0.235 e. The summed E-state index contributed by atoms with van der Waals surface area (Å²) in [6.45, 7) is 8.71. The van der Waals surface area contributed by atoms with Crippen LogP contribution in [0.15, 0.2) is 6.07 Å². The Morgan fingerprint density at radius 1 is 1.06 bits per heavy atom. The zero-order valence-electron chi connectivity index (χ0n) is 10.9. The lowest BCUT2D eigenvalue weighted by Crippen LogP contribution is -2.02. The van der Waals surface area contributed by atoms with Crippen molar-refractivity contribution in [2.45, 2.75) is 47.0 Å². The first-order valence-electron chi connectivity index (χ1n) is 5.51. The fourth-order valence-corrected chi connectivity index (χ4v) is 1.54. The van der Waals surface area contributed by atoms with Crippen LogP contribution in [-0.4, -0.2) is 6.43 Å². The number of anilines is 1. The number of rotatable bonds is 1. The van der Waals surface area contributed by atoms with Crippen molar-refractivity contribution in [3.8, 4) is 0 Å². The molecule has 1 aromatic rings. The van der Waals surface area contributed by atoms with Gasteiger partial charge in [-0.1, -0.05) is 13.8 Å². The predicted molar refractivity (Wildman–Crippen MR) is 66.1 cm³/mol. The maximum atomic E-state index is 13.3. The first-order chi connectivity index (χ1) is 7.68. The third-order valence-electron chi connectivity index (χ3n) is 2.51. The minimum atomic E-state index is -2.17. The molecule has 1 nitrogen and oxygen atoms in total. The van der Waals surface area contributed by atoms with E-state index in [9.17, 15) is 13.2 Å². The Labute approximate surface area is 101 Å². The molecule has 0 atom stereocenters. The van der Waals surface area contributed by atoms with Crippen LogP contribution < -0.4 is 5.73 Å². The standard InChI is InChI=1S/C11H16FN.C2H4F2/c1-6(2)9-5-10(13)11(12)8(4)7(9)3;1-2(3)4/h5-6H,13H2,1-4H3;2H,1H3. The van der Waals surface area contributed by atoms with Crippen LogP contribution in [0.4, 0.5) is 18.9 Å². The van der Waals surface area contributed by atoms with Crippen molar-refractivity contribution in [1.82, 2.24) is 0 Å². The second kappa shape index (κ2) is 6.52. The van der Waals surface area contributed by atoms with E-state index in [4.69, 9.17) is 5.73 Å². The second-order valence-electron chi connectivity index (χ2n) is 4.29. The molecule has 0 fully saturated rings. The number of halogens is 3. The monoisotopic (exact) mass is 247 g/mol. The lowest BCUT2D eigenvalue weighted by Gasteiger charge is -2.14. The van der Waals surface area contributed by atoms with Crippen molar-refractivity contribution in [2.75, 3.05) is 5.73 Å². The highest BCUT2D eigenvalue weighted by Gasteiger charge is 2.12. The van der Waals surface area contributed by atoms with Crippen LogP contribution in [0.5, 0.6) is 0 Å². The zero-order chi connectivity index (χ0) is 13.7. The van der Waals surface area contributed by atoms with Crippen LogP contribution in [0.25, 0.3) is 0 Å². The largest absolute Gasteiger partial charge is 0.396 e. The summed E-state index contributed by atoms with van der Waals surface area (Å²) in [5, 5.41) is 0. The third-order valence-corrected chi connectivity index (χ3v) is 2.51. The number of hydrogen-bond acceptors (Lipinski definition) is 1. The van der Waals surface area contributed by atoms with Crippen LogP contribution in [0.1, 0.15) is 43.4 Å².